The lowest BCUT2D eigenvalue weighted by Crippen LogP contribution is -2.38. The Morgan fingerprint density at radius 1 is 0.467 bits per heavy atom. The number of rotatable bonds is 4. The third kappa shape index (κ3) is 3.64. The molecule has 0 bridgehead atoms. The molecular weight excluding hydrogens is 550 g/mol. The fourth-order valence-corrected chi connectivity index (χ4v) is 7.23. The summed E-state index contributed by atoms with van der Waals surface area (Å²) >= 11 is 0. The van der Waals surface area contributed by atoms with E-state index in [2.05, 4.69) is 149 Å². The number of anilines is 3. The van der Waals surface area contributed by atoms with E-state index in [1.54, 1.807) is 0 Å². The molecule has 4 heterocycles. The fourth-order valence-electron chi connectivity index (χ4n) is 7.23. The number of benzene rings is 5. The minimum Gasteiger partial charge on any atom is -0.305 e. The summed E-state index contributed by atoms with van der Waals surface area (Å²) in [7, 11) is 0. The maximum absolute atomic E-state index is 5.04. The van der Waals surface area contributed by atoms with Gasteiger partial charge in [0.1, 0.15) is 0 Å². The van der Waals surface area contributed by atoms with Gasteiger partial charge in [0.15, 0.2) is 0 Å². The molecule has 0 aliphatic carbocycles. The molecule has 3 aromatic heterocycles. The van der Waals surface area contributed by atoms with E-state index >= 15 is 0 Å². The van der Waals surface area contributed by atoms with Gasteiger partial charge in [-0.25, -0.2) is 9.97 Å². The van der Waals surface area contributed by atoms with Crippen molar-refractivity contribution in [2.45, 2.75) is 5.41 Å². The van der Waals surface area contributed by atoms with Crippen LogP contribution < -0.4 is 4.90 Å². The summed E-state index contributed by atoms with van der Waals surface area (Å²) in [5.74, 6) is 0.618. The Balaban J connectivity index is 1.27. The lowest BCUT2D eigenvalue weighted by molar-refractivity contribution is 0.728. The number of hydrogen-bond acceptors (Lipinski definition) is 4. The fraction of sp³-hybridized carbons (Fsp3) is 0.0250. The van der Waals surface area contributed by atoms with Crippen molar-refractivity contribution in [3.8, 4) is 5.69 Å². The van der Waals surface area contributed by atoms with E-state index in [4.69, 9.17) is 15.0 Å². The van der Waals surface area contributed by atoms with E-state index in [1.807, 2.05) is 24.7 Å². The van der Waals surface area contributed by atoms with Crippen molar-refractivity contribution in [1.29, 1.82) is 0 Å². The summed E-state index contributed by atoms with van der Waals surface area (Å²) in [6.45, 7) is 0. The summed E-state index contributed by atoms with van der Waals surface area (Å²) in [5, 5.41) is 1.11. The van der Waals surface area contributed by atoms with Crippen LogP contribution in [0.15, 0.2) is 164 Å². The first kappa shape index (κ1) is 25.4. The van der Waals surface area contributed by atoms with Crippen molar-refractivity contribution < 1.29 is 0 Å². The van der Waals surface area contributed by atoms with Crippen LogP contribution in [0.25, 0.3) is 27.6 Å². The molecular formula is C40H27N5. The van der Waals surface area contributed by atoms with Crippen LogP contribution in [0, 0.1) is 0 Å². The number of para-hydroxylation sites is 3. The van der Waals surface area contributed by atoms with Gasteiger partial charge >= 0.3 is 0 Å². The molecule has 0 atom stereocenters. The molecule has 5 nitrogen and oxygen atoms in total. The molecule has 5 heteroatoms. The van der Waals surface area contributed by atoms with Gasteiger partial charge in [0.2, 0.25) is 5.95 Å². The predicted molar refractivity (Wildman–Crippen MR) is 181 cm³/mol. The molecule has 1 aliphatic heterocycles. The zero-order valence-electron chi connectivity index (χ0n) is 24.3. The summed E-state index contributed by atoms with van der Waals surface area (Å²) in [6.07, 6.45) is 5.68. The highest BCUT2D eigenvalue weighted by Crippen LogP contribution is 2.57. The highest BCUT2D eigenvalue weighted by molar-refractivity contribution is 6.06. The van der Waals surface area contributed by atoms with Crippen molar-refractivity contribution in [3.63, 3.8) is 0 Å². The first-order chi connectivity index (χ1) is 22.4. The lowest BCUT2D eigenvalue weighted by Gasteiger charge is -2.45. The number of hydrogen-bond donors (Lipinski definition) is 0. The number of fused-ring (bicyclic) bond motifs is 5. The maximum Gasteiger partial charge on any atom is 0.234 e. The molecule has 0 N–H and O–H groups in total. The second-order valence-corrected chi connectivity index (χ2v) is 11.3. The van der Waals surface area contributed by atoms with Gasteiger partial charge in [-0.15, -0.1) is 0 Å². The third-order valence-electron chi connectivity index (χ3n) is 9.02. The van der Waals surface area contributed by atoms with Gasteiger partial charge in [0, 0.05) is 11.6 Å². The number of pyridine rings is 1. The van der Waals surface area contributed by atoms with E-state index in [1.165, 1.54) is 22.3 Å². The van der Waals surface area contributed by atoms with Gasteiger partial charge in [-0.2, -0.15) is 0 Å². The quantitative estimate of drug-likeness (QED) is 0.209. The molecule has 8 aromatic rings. The molecule has 9 rings (SSSR count). The minimum absolute atomic E-state index is 0.526. The van der Waals surface area contributed by atoms with E-state index in [-0.39, 0.29) is 0 Å². The molecule has 0 amide bonds. The standard InChI is InChI=1S/C40H27N5/c1-3-14-28(15-4-1)40(29-16-5-2-6-17-29)32-19-8-11-22-35(32)45(36-23-12-9-20-33(36)40)39-42-26-30(27-43-39)44-34-21-10-7-18-31(34)38-37(44)24-13-25-41-38/h1-27H. The Bertz CT molecular complexity index is 2180. The van der Waals surface area contributed by atoms with Crippen molar-refractivity contribution in [3.05, 3.63) is 186 Å². The zero-order chi connectivity index (χ0) is 29.8. The van der Waals surface area contributed by atoms with Gasteiger partial charge in [-0.1, -0.05) is 115 Å². The van der Waals surface area contributed by atoms with Gasteiger partial charge in [0.05, 0.1) is 51.4 Å². The van der Waals surface area contributed by atoms with Gasteiger partial charge < -0.3 is 4.57 Å². The van der Waals surface area contributed by atoms with Crippen LogP contribution in [-0.4, -0.2) is 19.5 Å². The average molecular weight is 578 g/mol. The highest BCUT2D eigenvalue weighted by atomic mass is 15.3. The first-order valence-electron chi connectivity index (χ1n) is 15.1. The van der Waals surface area contributed by atoms with Crippen molar-refractivity contribution in [2.24, 2.45) is 0 Å². The smallest absolute Gasteiger partial charge is 0.234 e. The Kier molecular flexibility index (Phi) is 5.65. The van der Waals surface area contributed by atoms with Crippen molar-refractivity contribution >= 4 is 39.3 Å². The molecule has 212 valence electrons. The summed E-state index contributed by atoms with van der Waals surface area (Å²) in [4.78, 5) is 17.0. The van der Waals surface area contributed by atoms with Crippen LogP contribution >= 0.6 is 0 Å². The molecule has 0 fully saturated rings. The average Bonchev–Trinajstić information content (AvgIpc) is 3.46. The lowest BCUT2D eigenvalue weighted by atomic mass is 9.62. The first-order valence-corrected chi connectivity index (χ1v) is 15.1. The topological polar surface area (TPSA) is 46.8 Å². The second-order valence-electron chi connectivity index (χ2n) is 11.3. The maximum atomic E-state index is 5.04. The molecule has 0 saturated heterocycles. The van der Waals surface area contributed by atoms with Crippen molar-refractivity contribution in [2.75, 3.05) is 4.90 Å². The monoisotopic (exact) mass is 577 g/mol. The zero-order valence-corrected chi connectivity index (χ0v) is 24.3. The highest BCUT2D eigenvalue weighted by Gasteiger charge is 2.46. The normalized spacial score (nSPS) is 13.5. The Morgan fingerprint density at radius 2 is 1.00 bits per heavy atom. The predicted octanol–water partition coefficient (Wildman–Crippen LogP) is 9.13. The van der Waals surface area contributed by atoms with Crippen LogP contribution in [-0.2, 0) is 5.41 Å². The van der Waals surface area contributed by atoms with Gasteiger partial charge in [0.25, 0.3) is 0 Å². The SMILES string of the molecule is c1ccc(C2(c3ccccc3)c3ccccc3N(c3ncc(-n4c5ccccc5c5ncccc54)cn3)c3ccccc32)cc1. The molecule has 0 radical (unpaired) electrons. The molecule has 1 aliphatic rings. The van der Waals surface area contributed by atoms with E-state index in [0.717, 1.165) is 39.0 Å². The summed E-state index contributed by atoms with van der Waals surface area (Å²) < 4.78 is 2.19. The number of aromatic nitrogens is 4. The molecule has 0 spiro atoms. The van der Waals surface area contributed by atoms with Crippen LogP contribution in [0.2, 0.25) is 0 Å². The van der Waals surface area contributed by atoms with Crippen LogP contribution in [0.4, 0.5) is 17.3 Å². The van der Waals surface area contributed by atoms with Crippen LogP contribution in [0.5, 0.6) is 0 Å². The Labute approximate surface area is 260 Å². The van der Waals surface area contributed by atoms with Crippen molar-refractivity contribution in [1.82, 2.24) is 19.5 Å². The molecule has 0 saturated carbocycles. The second kappa shape index (κ2) is 10.00. The number of nitrogens with zero attached hydrogens (tertiary/aromatic N) is 5. The molecule has 0 unspecified atom stereocenters. The largest absolute Gasteiger partial charge is 0.305 e. The van der Waals surface area contributed by atoms with Crippen LogP contribution in [0.3, 0.4) is 0 Å². The van der Waals surface area contributed by atoms with Crippen LogP contribution in [0.1, 0.15) is 22.3 Å². The van der Waals surface area contributed by atoms with E-state index < -0.39 is 5.41 Å². The van der Waals surface area contributed by atoms with E-state index in [9.17, 15) is 0 Å². The van der Waals surface area contributed by atoms with E-state index in [0.29, 0.717) is 5.95 Å². The summed E-state index contributed by atoms with van der Waals surface area (Å²) in [5.41, 5.74) is 10.3. The van der Waals surface area contributed by atoms with Gasteiger partial charge in [-0.3, -0.25) is 9.88 Å². The summed E-state index contributed by atoms with van der Waals surface area (Å²) in [6, 6.07) is 51.4. The Morgan fingerprint density at radius 3 is 1.64 bits per heavy atom. The Hall–Kier alpha value is -6.07. The van der Waals surface area contributed by atoms with Gasteiger partial charge in [-0.05, 0) is 52.6 Å². The molecule has 45 heavy (non-hydrogen) atoms. The minimum atomic E-state index is -0.526. The molecule has 5 aromatic carbocycles. The third-order valence-corrected chi connectivity index (χ3v) is 9.02.